The van der Waals surface area contributed by atoms with Gasteiger partial charge in [-0.1, -0.05) is 6.07 Å². The molecule has 1 aromatic rings. The fourth-order valence-corrected chi connectivity index (χ4v) is 1.41. The highest BCUT2D eigenvalue weighted by molar-refractivity contribution is 5.67. The second kappa shape index (κ2) is 6.26. The lowest BCUT2D eigenvalue weighted by Gasteiger charge is -2.19. The maximum absolute atomic E-state index is 13.0. The van der Waals surface area contributed by atoms with Crippen LogP contribution < -0.4 is 5.32 Å². The Bertz CT molecular complexity index is 469. The van der Waals surface area contributed by atoms with Gasteiger partial charge in [-0.3, -0.25) is 0 Å². The first-order valence-corrected chi connectivity index (χ1v) is 5.90. The lowest BCUT2D eigenvalue weighted by molar-refractivity contribution is 0.0528. The highest BCUT2D eigenvalue weighted by Crippen LogP contribution is 2.19. The quantitative estimate of drug-likeness (QED) is 0.852. The van der Waals surface area contributed by atoms with Crippen LogP contribution in [0.25, 0.3) is 0 Å². The lowest BCUT2D eigenvalue weighted by Crippen LogP contribution is -2.33. The molecule has 19 heavy (non-hydrogen) atoms. The van der Waals surface area contributed by atoms with Gasteiger partial charge in [0.25, 0.3) is 0 Å². The molecule has 104 valence electrons. The molecule has 0 aromatic heterocycles. The highest BCUT2D eigenvalue weighted by atomic mass is 19.1. The van der Waals surface area contributed by atoms with Crippen LogP contribution in [-0.2, 0) is 11.2 Å². The number of alkyl carbamates (subject to hydrolysis) is 1. The van der Waals surface area contributed by atoms with E-state index in [1.165, 1.54) is 12.1 Å². The van der Waals surface area contributed by atoms with E-state index < -0.39 is 17.5 Å². The summed E-state index contributed by atoms with van der Waals surface area (Å²) in [5, 5.41) is 5.16. The summed E-state index contributed by atoms with van der Waals surface area (Å²) in [6.45, 7) is 5.65. The summed E-state index contributed by atoms with van der Waals surface area (Å²) in [6.07, 6.45) is -0.0504. The van der Waals surface area contributed by atoms with Crippen LogP contribution in [0.15, 0.2) is 23.4 Å². The summed E-state index contributed by atoms with van der Waals surface area (Å²) < 4.78 is 18.1. The van der Waals surface area contributed by atoms with Gasteiger partial charge in [0, 0.05) is 6.54 Å². The first-order chi connectivity index (χ1) is 8.81. The molecule has 1 rings (SSSR count). The molecule has 0 aliphatic carbocycles. The van der Waals surface area contributed by atoms with Crippen LogP contribution in [-0.4, -0.2) is 18.2 Å². The number of nitroso groups, excluding NO2 is 1. The summed E-state index contributed by atoms with van der Waals surface area (Å²) in [5.74, 6) is -0.654. The molecule has 0 spiro atoms. The smallest absolute Gasteiger partial charge is 0.407 e. The van der Waals surface area contributed by atoms with E-state index in [1.54, 1.807) is 26.8 Å². The zero-order chi connectivity index (χ0) is 14.5. The summed E-state index contributed by atoms with van der Waals surface area (Å²) in [4.78, 5) is 21.7. The van der Waals surface area contributed by atoms with Crippen LogP contribution in [0.3, 0.4) is 0 Å². The van der Waals surface area contributed by atoms with E-state index in [0.29, 0.717) is 18.5 Å². The van der Waals surface area contributed by atoms with Gasteiger partial charge in [-0.2, -0.15) is 0 Å². The first-order valence-electron chi connectivity index (χ1n) is 5.90. The minimum Gasteiger partial charge on any atom is -0.444 e. The molecule has 0 aliphatic heterocycles. The second-order valence-electron chi connectivity index (χ2n) is 5.06. The molecular weight excluding hydrogens is 251 g/mol. The maximum Gasteiger partial charge on any atom is 0.407 e. The Morgan fingerprint density at radius 3 is 2.68 bits per heavy atom. The van der Waals surface area contributed by atoms with Gasteiger partial charge in [0.1, 0.15) is 11.3 Å². The Balaban J connectivity index is 2.45. The predicted molar refractivity (Wildman–Crippen MR) is 69.8 cm³/mol. The van der Waals surface area contributed by atoms with Crippen LogP contribution >= 0.6 is 0 Å². The highest BCUT2D eigenvalue weighted by Gasteiger charge is 2.15. The van der Waals surface area contributed by atoms with Crippen molar-refractivity contribution >= 4 is 11.8 Å². The third kappa shape index (κ3) is 5.46. The van der Waals surface area contributed by atoms with Gasteiger partial charge < -0.3 is 10.1 Å². The summed E-state index contributed by atoms with van der Waals surface area (Å²) in [5.41, 5.74) is -0.0593. The number of halogens is 1. The minimum atomic E-state index is -0.654. The number of amides is 1. The number of benzene rings is 1. The molecule has 1 amide bonds. The van der Waals surface area contributed by atoms with Crippen LogP contribution in [0.5, 0.6) is 0 Å². The van der Waals surface area contributed by atoms with Crippen molar-refractivity contribution in [1.29, 1.82) is 0 Å². The SMILES string of the molecule is CC(C)(C)OC(=O)NCCc1ccc(F)c(N=O)c1. The summed E-state index contributed by atoms with van der Waals surface area (Å²) >= 11 is 0. The average Bonchev–Trinajstić information content (AvgIpc) is 2.29. The van der Waals surface area contributed by atoms with E-state index >= 15 is 0 Å². The number of nitrogens with zero attached hydrogens (tertiary/aromatic N) is 1. The van der Waals surface area contributed by atoms with Gasteiger partial charge in [-0.15, -0.1) is 4.91 Å². The van der Waals surface area contributed by atoms with E-state index in [1.807, 2.05) is 0 Å². The van der Waals surface area contributed by atoms with Crippen molar-refractivity contribution in [2.75, 3.05) is 6.54 Å². The van der Waals surface area contributed by atoms with Crippen molar-refractivity contribution in [3.05, 3.63) is 34.5 Å². The second-order valence-corrected chi connectivity index (χ2v) is 5.06. The van der Waals surface area contributed by atoms with E-state index in [0.717, 1.165) is 0 Å². The van der Waals surface area contributed by atoms with Crippen molar-refractivity contribution < 1.29 is 13.9 Å². The molecule has 0 saturated heterocycles. The molecule has 1 aromatic carbocycles. The van der Waals surface area contributed by atoms with E-state index in [-0.39, 0.29) is 5.69 Å². The Labute approximate surface area is 111 Å². The molecule has 1 N–H and O–H groups in total. The monoisotopic (exact) mass is 268 g/mol. The fourth-order valence-electron chi connectivity index (χ4n) is 1.41. The number of ether oxygens (including phenoxy) is 1. The Morgan fingerprint density at radius 2 is 2.11 bits per heavy atom. The molecule has 0 saturated carbocycles. The molecule has 0 aliphatic rings. The predicted octanol–water partition coefficient (Wildman–Crippen LogP) is 3.29. The fraction of sp³-hybridized carbons (Fsp3) is 0.462. The van der Waals surface area contributed by atoms with Crippen molar-refractivity contribution in [2.24, 2.45) is 5.18 Å². The van der Waals surface area contributed by atoms with E-state index in [4.69, 9.17) is 4.74 Å². The normalized spacial score (nSPS) is 10.9. The number of carbonyl (C=O) groups excluding carboxylic acids is 1. The molecule has 0 atom stereocenters. The van der Waals surface area contributed by atoms with Crippen molar-refractivity contribution in [3.8, 4) is 0 Å². The van der Waals surface area contributed by atoms with E-state index in [2.05, 4.69) is 10.5 Å². The minimum absolute atomic E-state index is 0.227. The first kappa shape index (κ1) is 15.1. The van der Waals surface area contributed by atoms with E-state index in [9.17, 15) is 14.1 Å². The Hall–Kier alpha value is -1.98. The van der Waals surface area contributed by atoms with Crippen molar-refractivity contribution in [2.45, 2.75) is 32.8 Å². The summed E-state index contributed by atoms with van der Waals surface area (Å²) in [6, 6.07) is 4.08. The lowest BCUT2D eigenvalue weighted by atomic mass is 10.1. The molecule has 0 radical (unpaired) electrons. The van der Waals surface area contributed by atoms with Crippen LogP contribution in [0.4, 0.5) is 14.9 Å². The van der Waals surface area contributed by atoms with Crippen LogP contribution in [0.1, 0.15) is 26.3 Å². The molecule has 0 unspecified atom stereocenters. The van der Waals surface area contributed by atoms with Crippen molar-refractivity contribution in [3.63, 3.8) is 0 Å². The molecule has 6 heteroatoms. The Kier molecular flexibility index (Phi) is 4.97. The van der Waals surface area contributed by atoms with Gasteiger partial charge in [0.15, 0.2) is 5.82 Å². The van der Waals surface area contributed by atoms with Gasteiger partial charge in [-0.05, 0) is 50.1 Å². The average molecular weight is 268 g/mol. The standard InChI is InChI=1S/C13H17FN2O3/c1-13(2,3)19-12(17)15-7-6-9-4-5-10(14)11(8-9)16-18/h4-5,8H,6-7H2,1-3H3,(H,15,17). The van der Waals surface area contributed by atoms with Gasteiger partial charge >= 0.3 is 6.09 Å². The number of carbonyl (C=O) groups is 1. The zero-order valence-electron chi connectivity index (χ0n) is 11.2. The van der Waals surface area contributed by atoms with Gasteiger partial charge in [0.2, 0.25) is 0 Å². The van der Waals surface area contributed by atoms with Crippen LogP contribution in [0.2, 0.25) is 0 Å². The molecule has 5 nitrogen and oxygen atoms in total. The number of rotatable bonds is 4. The summed E-state index contributed by atoms with van der Waals surface area (Å²) in [7, 11) is 0. The third-order valence-electron chi connectivity index (χ3n) is 2.19. The molecule has 0 heterocycles. The molecule has 0 fully saturated rings. The van der Waals surface area contributed by atoms with Gasteiger partial charge in [0.05, 0.1) is 0 Å². The van der Waals surface area contributed by atoms with Gasteiger partial charge in [-0.25, -0.2) is 9.18 Å². The van der Waals surface area contributed by atoms with Crippen molar-refractivity contribution in [1.82, 2.24) is 5.32 Å². The number of hydrogen-bond acceptors (Lipinski definition) is 4. The number of nitrogens with one attached hydrogen (secondary N) is 1. The Morgan fingerprint density at radius 1 is 1.42 bits per heavy atom. The zero-order valence-corrected chi connectivity index (χ0v) is 11.2. The maximum atomic E-state index is 13.0. The third-order valence-corrected chi connectivity index (χ3v) is 2.19. The van der Waals surface area contributed by atoms with Crippen LogP contribution in [0, 0.1) is 10.7 Å². The largest absolute Gasteiger partial charge is 0.444 e. The molecule has 0 bridgehead atoms. The number of hydrogen-bond donors (Lipinski definition) is 1. The molecular formula is C13H17FN2O3. The topological polar surface area (TPSA) is 67.8 Å².